The number of amides is 1. The Morgan fingerprint density at radius 3 is 2.45 bits per heavy atom. The highest BCUT2D eigenvalue weighted by Gasteiger charge is 2.24. The average Bonchev–Trinajstić information content (AvgIpc) is 3.35. The molecule has 1 aromatic heterocycles. The van der Waals surface area contributed by atoms with Crippen molar-refractivity contribution in [1.82, 2.24) is 14.7 Å². The fourth-order valence-electron chi connectivity index (χ4n) is 3.92. The lowest BCUT2D eigenvalue weighted by molar-refractivity contribution is 0.102. The number of aromatic nitrogens is 2. The number of rotatable bonds is 7. The molecule has 1 heterocycles. The smallest absolute Gasteiger partial charge is 0.256 e. The Balaban J connectivity index is 1.56. The Morgan fingerprint density at radius 2 is 1.76 bits per heavy atom. The van der Waals surface area contributed by atoms with E-state index in [1.807, 2.05) is 59.3 Å². The Hall–Kier alpha value is -2.92. The molecule has 0 saturated heterocycles. The molecule has 0 saturated carbocycles. The van der Waals surface area contributed by atoms with Gasteiger partial charge >= 0.3 is 0 Å². The number of carbonyl (C=O) groups excluding carboxylic acids is 1. The monoisotopic (exact) mass is 388 g/mol. The van der Waals surface area contributed by atoms with Crippen LogP contribution >= 0.6 is 0 Å². The van der Waals surface area contributed by atoms with Crippen LogP contribution in [0.4, 0.5) is 5.82 Å². The first-order valence-corrected chi connectivity index (χ1v) is 10.5. The summed E-state index contributed by atoms with van der Waals surface area (Å²) >= 11 is 0. The van der Waals surface area contributed by atoms with Crippen molar-refractivity contribution in [3.8, 4) is 5.69 Å². The van der Waals surface area contributed by atoms with Gasteiger partial charge in [0, 0.05) is 17.7 Å². The van der Waals surface area contributed by atoms with Crippen LogP contribution in [0.15, 0.2) is 54.6 Å². The Morgan fingerprint density at radius 1 is 1.03 bits per heavy atom. The van der Waals surface area contributed by atoms with Crippen molar-refractivity contribution in [2.75, 3.05) is 18.4 Å². The SMILES string of the molecule is CCN(CC)Cc1ccc(C(=O)Nc2c3c(nn2-c2ccccc2)CCC3)cc1. The van der Waals surface area contributed by atoms with E-state index in [0.717, 1.165) is 56.1 Å². The molecule has 5 nitrogen and oxygen atoms in total. The molecule has 0 bridgehead atoms. The zero-order valence-corrected chi connectivity index (χ0v) is 17.2. The van der Waals surface area contributed by atoms with Crippen molar-refractivity contribution in [2.24, 2.45) is 0 Å². The molecule has 5 heteroatoms. The number of carbonyl (C=O) groups is 1. The van der Waals surface area contributed by atoms with Gasteiger partial charge in [0.25, 0.3) is 5.91 Å². The normalized spacial score (nSPS) is 12.9. The highest BCUT2D eigenvalue weighted by molar-refractivity contribution is 6.04. The van der Waals surface area contributed by atoms with Crippen LogP contribution in [0, 0.1) is 0 Å². The maximum atomic E-state index is 13.0. The second-order valence-corrected chi connectivity index (χ2v) is 7.49. The predicted molar refractivity (Wildman–Crippen MR) is 117 cm³/mol. The summed E-state index contributed by atoms with van der Waals surface area (Å²) in [5.41, 5.74) is 5.12. The topological polar surface area (TPSA) is 50.2 Å². The second kappa shape index (κ2) is 8.62. The highest BCUT2D eigenvalue weighted by atomic mass is 16.1. The van der Waals surface area contributed by atoms with Gasteiger partial charge in [0.2, 0.25) is 0 Å². The summed E-state index contributed by atoms with van der Waals surface area (Å²) in [5, 5.41) is 7.91. The third-order valence-corrected chi connectivity index (χ3v) is 5.66. The molecular formula is C24H28N4O. The summed E-state index contributed by atoms with van der Waals surface area (Å²) in [6, 6.07) is 17.9. The number of para-hydroxylation sites is 1. The van der Waals surface area contributed by atoms with E-state index in [1.54, 1.807) is 0 Å². The molecule has 3 aromatic rings. The van der Waals surface area contributed by atoms with E-state index in [1.165, 1.54) is 11.1 Å². The number of hydrogen-bond donors (Lipinski definition) is 1. The molecule has 0 spiro atoms. The summed E-state index contributed by atoms with van der Waals surface area (Å²) in [7, 11) is 0. The number of fused-ring (bicyclic) bond motifs is 1. The molecule has 0 aliphatic heterocycles. The number of anilines is 1. The minimum absolute atomic E-state index is 0.0915. The van der Waals surface area contributed by atoms with Gasteiger partial charge in [-0.05, 0) is 62.2 Å². The van der Waals surface area contributed by atoms with Crippen LogP contribution in [-0.2, 0) is 19.4 Å². The van der Waals surface area contributed by atoms with Gasteiger partial charge in [-0.15, -0.1) is 0 Å². The molecule has 0 atom stereocenters. The van der Waals surface area contributed by atoms with E-state index < -0.39 is 0 Å². The molecular weight excluding hydrogens is 360 g/mol. The molecule has 1 aliphatic rings. The van der Waals surface area contributed by atoms with Crippen molar-refractivity contribution in [2.45, 2.75) is 39.7 Å². The predicted octanol–water partition coefficient (Wildman–Crippen LogP) is 4.46. The molecule has 150 valence electrons. The molecule has 0 fully saturated rings. The maximum absolute atomic E-state index is 13.0. The van der Waals surface area contributed by atoms with E-state index in [4.69, 9.17) is 5.10 Å². The molecule has 2 aromatic carbocycles. The Bertz CT molecular complexity index is 972. The third-order valence-electron chi connectivity index (χ3n) is 5.66. The number of aryl methyl sites for hydroxylation is 1. The fourth-order valence-corrected chi connectivity index (χ4v) is 3.92. The van der Waals surface area contributed by atoms with E-state index in [0.29, 0.717) is 5.56 Å². The molecule has 1 amide bonds. The number of benzene rings is 2. The highest BCUT2D eigenvalue weighted by Crippen LogP contribution is 2.31. The standard InChI is InChI=1S/C24H28N4O/c1-3-27(4-2)17-18-13-15-19(16-14-18)24(29)25-23-21-11-8-12-22(21)26-28(23)20-9-6-5-7-10-20/h5-7,9-10,13-16H,3-4,8,11-12,17H2,1-2H3,(H,25,29). The second-order valence-electron chi connectivity index (χ2n) is 7.49. The minimum atomic E-state index is -0.0915. The first-order valence-electron chi connectivity index (χ1n) is 10.5. The first-order chi connectivity index (χ1) is 14.2. The van der Waals surface area contributed by atoms with E-state index in [9.17, 15) is 4.79 Å². The van der Waals surface area contributed by atoms with E-state index in [-0.39, 0.29) is 5.91 Å². The lowest BCUT2D eigenvalue weighted by atomic mass is 10.1. The molecule has 29 heavy (non-hydrogen) atoms. The maximum Gasteiger partial charge on any atom is 0.256 e. The van der Waals surface area contributed by atoms with E-state index >= 15 is 0 Å². The van der Waals surface area contributed by atoms with Gasteiger partial charge in [-0.1, -0.05) is 44.2 Å². The molecule has 4 rings (SSSR count). The van der Waals surface area contributed by atoms with Gasteiger partial charge in [-0.3, -0.25) is 9.69 Å². The van der Waals surface area contributed by atoms with Gasteiger partial charge in [0.05, 0.1) is 11.4 Å². The van der Waals surface area contributed by atoms with Crippen molar-refractivity contribution in [3.63, 3.8) is 0 Å². The first kappa shape index (κ1) is 19.4. The Kier molecular flexibility index (Phi) is 5.76. The van der Waals surface area contributed by atoms with E-state index in [2.05, 4.69) is 24.1 Å². The van der Waals surface area contributed by atoms with Gasteiger partial charge in [-0.25, -0.2) is 4.68 Å². The summed E-state index contributed by atoms with van der Waals surface area (Å²) in [6.07, 6.45) is 3.02. The zero-order valence-electron chi connectivity index (χ0n) is 17.2. The van der Waals surface area contributed by atoms with Crippen LogP contribution in [0.2, 0.25) is 0 Å². The van der Waals surface area contributed by atoms with Crippen LogP contribution in [0.1, 0.15) is 47.4 Å². The quantitative estimate of drug-likeness (QED) is 0.650. The lowest BCUT2D eigenvalue weighted by Gasteiger charge is -2.18. The average molecular weight is 389 g/mol. The summed E-state index contributed by atoms with van der Waals surface area (Å²) in [6.45, 7) is 7.28. The number of nitrogens with one attached hydrogen (secondary N) is 1. The Labute approximate surface area is 172 Å². The van der Waals surface area contributed by atoms with Crippen LogP contribution in [0.5, 0.6) is 0 Å². The summed E-state index contributed by atoms with van der Waals surface area (Å²) in [4.78, 5) is 15.3. The van der Waals surface area contributed by atoms with Crippen LogP contribution in [0.25, 0.3) is 5.69 Å². The van der Waals surface area contributed by atoms with Gasteiger partial charge in [0.15, 0.2) is 0 Å². The van der Waals surface area contributed by atoms with Crippen molar-refractivity contribution in [1.29, 1.82) is 0 Å². The van der Waals surface area contributed by atoms with Crippen molar-refractivity contribution < 1.29 is 4.79 Å². The number of hydrogen-bond acceptors (Lipinski definition) is 3. The summed E-state index contributed by atoms with van der Waals surface area (Å²) in [5.74, 6) is 0.715. The van der Waals surface area contributed by atoms with Crippen molar-refractivity contribution >= 4 is 11.7 Å². The van der Waals surface area contributed by atoms with Gasteiger partial charge < -0.3 is 5.32 Å². The molecule has 0 unspecified atom stereocenters. The summed E-state index contributed by atoms with van der Waals surface area (Å²) < 4.78 is 1.87. The largest absolute Gasteiger partial charge is 0.306 e. The van der Waals surface area contributed by atoms with Gasteiger partial charge in [0.1, 0.15) is 5.82 Å². The van der Waals surface area contributed by atoms with Crippen LogP contribution in [0.3, 0.4) is 0 Å². The van der Waals surface area contributed by atoms with Gasteiger partial charge in [-0.2, -0.15) is 5.10 Å². The zero-order chi connectivity index (χ0) is 20.2. The van der Waals surface area contributed by atoms with Crippen molar-refractivity contribution in [3.05, 3.63) is 77.0 Å². The molecule has 1 N–H and O–H groups in total. The van der Waals surface area contributed by atoms with Crippen LogP contribution in [-0.4, -0.2) is 33.7 Å². The van der Waals surface area contributed by atoms with Crippen LogP contribution < -0.4 is 5.32 Å². The molecule has 1 aliphatic carbocycles. The molecule has 0 radical (unpaired) electrons. The lowest BCUT2D eigenvalue weighted by Crippen LogP contribution is -2.22. The number of nitrogens with zero attached hydrogens (tertiary/aromatic N) is 3. The minimum Gasteiger partial charge on any atom is -0.306 e. The third kappa shape index (κ3) is 4.10. The fraction of sp³-hybridized carbons (Fsp3) is 0.333.